The molecule has 5 nitrogen and oxygen atoms in total. The summed E-state index contributed by atoms with van der Waals surface area (Å²) >= 11 is 0. The number of nitrogens with zero attached hydrogens (tertiary/aromatic N) is 4. The standard InChI is InChI=1S/C10H10N4O/c1-14-9(6-2-3-6)13-8-10(14)12-7(5-15)4-11-8/h4-6H,2-3H2,1H3. The quantitative estimate of drug-likeness (QED) is 0.683. The van der Waals surface area contributed by atoms with Gasteiger partial charge in [0, 0.05) is 13.0 Å². The van der Waals surface area contributed by atoms with Crippen LogP contribution in [0.2, 0.25) is 0 Å². The molecule has 1 aliphatic carbocycles. The Hall–Kier alpha value is -1.78. The van der Waals surface area contributed by atoms with Crippen LogP contribution < -0.4 is 0 Å². The lowest BCUT2D eigenvalue weighted by Crippen LogP contribution is -1.97. The van der Waals surface area contributed by atoms with Gasteiger partial charge in [0.15, 0.2) is 17.6 Å². The summed E-state index contributed by atoms with van der Waals surface area (Å²) in [6.07, 6.45) is 4.55. The molecule has 2 aromatic rings. The minimum absolute atomic E-state index is 0.354. The topological polar surface area (TPSA) is 60.7 Å². The molecule has 1 fully saturated rings. The van der Waals surface area contributed by atoms with Gasteiger partial charge in [-0.3, -0.25) is 4.79 Å². The average Bonchev–Trinajstić information content (AvgIpc) is 3.05. The second-order valence-electron chi connectivity index (χ2n) is 3.86. The van der Waals surface area contributed by atoms with Crippen LogP contribution in [-0.4, -0.2) is 25.8 Å². The van der Waals surface area contributed by atoms with Crippen molar-refractivity contribution in [3.8, 4) is 0 Å². The maximum Gasteiger partial charge on any atom is 0.197 e. The van der Waals surface area contributed by atoms with Crippen LogP contribution in [-0.2, 0) is 7.05 Å². The molecule has 0 amide bonds. The molecule has 0 aliphatic heterocycles. The highest BCUT2D eigenvalue weighted by molar-refractivity contribution is 5.76. The number of aromatic nitrogens is 4. The molecule has 0 bridgehead atoms. The molecule has 0 radical (unpaired) electrons. The summed E-state index contributed by atoms with van der Waals surface area (Å²) < 4.78 is 1.94. The molecule has 0 spiro atoms. The van der Waals surface area contributed by atoms with Crippen LogP contribution in [0, 0.1) is 0 Å². The average molecular weight is 202 g/mol. The van der Waals surface area contributed by atoms with Crippen LogP contribution in [0.1, 0.15) is 35.1 Å². The first-order valence-corrected chi connectivity index (χ1v) is 4.94. The second-order valence-corrected chi connectivity index (χ2v) is 3.86. The molecule has 76 valence electrons. The van der Waals surface area contributed by atoms with E-state index in [4.69, 9.17) is 0 Å². The Morgan fingerprint density at radius 1 is 1.47 bits per heavy atom. The molecule has 5 heteroatoms. The molecular weight excluding hydrogens is 192 g/mol. The van der Waals surface area contributed by atoms with E-state index in [9.17, 15) is 4.79 Å². The maximum absolute atomic E-state index is 10.6. The minimum atomic E-state index is 0.354. The van der Waals surface area contributed by atoms with E-state index in [1.807, 2.05) is 11.6 Å². The molecule has 0 N–H and O–H groups in total. The van der Waals surface area contributed by atoms with Gasteiger partial charge in [-0.05, 0) is 12.8 Å². The van der Waals surface area contributed by atoms with Gasteiger partial charge in [0.2, 0.25) is 0 Å². The monoisotopic (exact) mass is 202 g/mol. The zero-order valence-electron chi connectivity index (χ0n) is 8.34. The Bertz CT molecular complexity index is 542. The van der Waals surface area contributed by atoms with Crippen LogP contribution in [0.25, 0.3) is 11.3 Å². The van der Waals surface area contributed by atoms with Crippen LogP contribution in [0.15, 0.2) is 6.20 Å². The third-order valence-corrected chi connectivity index (χ3v) is 2.70. The van der Waals surface area contributed by atoms with Crippen molar-refractivity contribution in [1.29, 1.82) is 0 Å². The summed E-state index contributed by atoms with van der Waals surface area (Å²) in [7, 11) is 1.92. The van der Waals surface area contributed by atoms with Gasteiger partial charge in [0.1, 0.15) is 11.5 Å². The Labute approximate surface area is 86.2 Å². The fraction of sp³-hybridized carbons (Fsp3) is 0.400. The Morgan fingerprint density at radius 2 is 2.27 bits per heavy atom. The largest absolute Gasteiger partial charge is 0.314 e. The van der Waals surface area contributed by atoms with Crippen LogP contribution in [0.5, 0.6) is 0 Å². The number of carbonyl (C=O) groups is 1. The first kappa shape index (κ1) is 8.52. The van der Waals surface area contributed by atoms with E-state index in [2.05, 4.69) is 15.0 Å². The lowest BCUT2D eigenvalue weighted by Gasteiger charge is -1.97. The van der Waals surface area contributed by atoms with E-state index < -0.39 is 0 Å². The van der Waals surface area contributed by atoms with Crippen molar-refractivity contribution in [3.63, 3.8) is 0 Å². The number of rotatable bonds is 2. The van der Waals surface area contributed by atoms with Gasteiger partial charge in [-0.15, -0.1) is 0 Å². The summed E-state index contributed by atoms with van der Waals surface area (Å²) in [5.74, 6) is 1.60. The highest BCUT2D eigenvalue weighted by atomic mass is 16.1. The van der Waals surface area contributed by atoms with Crippen molar-refractivity contribution < 1.29 is 4.79 Å². The van der Waals surface area contributed by atoms with Gasteiger partial charge in [-0.2, -0.15) is 0 Å². The van der Waals surface area contributed by atoms with E-state index >= 15 is 0 Å². The van der Waals surface area contributed by atoms with E-state index in [1.54, 1.807) is 0 Å². The normalized spacial score (nSPS) is 15.8. The second kappa shape index (κ2) is 2.85. The van der Waals surface area contributed by atoms with Crippen molar-refractivity contribution in [2.45, 2.75) is 18.8 Å². The summed E-state index contributed by atoms with van der Waals surface area (Å²) in [6.45, 7) is 0. The first-order valence-electron chi connectivity index (χ1n) is 4.94. The van der Waals surface area contributed by atoms with Gasteiger partial charge >= 0.3 is 0 Å². The molecule has 2 aromatic heterocycles. The molecule has 0 saturated heterocycles. The fourth-order valence-electron chi connectivity index (χ4n) is 1.75. The molecule has 0 atom stereocenters. The molecule has 15 heavy (non-hydrogen) atoms. The Kier molecular flexibility index (Phi) is 1.62. The van der Waals surface area contributed by atoms with E-state index in [-0.39, 0.29) is 0 Å². The number of hydrogen-bond acceptors (Lipinski definition) is 4. The summed E-state index contributed by atoms with van der Waals surface area (Å²) in [4.78, 5) is 23.3. The summed E-state index contributed by atoms with van der Waals surface area (Å²) in [5, 5.41) is 0. The van der Waals surface area contributed by atoms with Gasteiger partial charge in [-0.1, -0.05) is 0 Å². The van der Waals surface area contributed by atoms with E-state index in [0.29, 0.717) is 29.2 Å². The summed E-state index contributed by atoms with van der Waals surface area (Å²) in [6, 6.07) is 0. The molecular formula is C10H10N4O. The predicted molar refractivity (Wildman–Crippen MR) is 53.7 cm³/mol. The Morgan fingerprint density at radius 3 is 2.93 bits per heavy atom. The number of imidazole rings is 1. The van der Waals surface area contributed by atoms with Crippen molar-refractivity contribution >= 4 is 17.6 Å². The van der Waals surface area contributed by atoms with Gasteiger partial charge < -0.3 is 4.57 Å². The van der Waals surface area contributed by atoms with Crippen molar-refractivity contribution in [2.24, 2.45) is 7.05 Å². The smallest absolute Gasteiger partial charge is 0.197 e. The molecule has 0 aromatic carbocycles. The van der Waals surface area contributed by atoms with Crippen LogP contribution in [0.3, 0.4) is 0 Å². The minimum Gasteiger partial charge on any atom is -0.314 e. The summed E-state index contributed by atoms with van der Waals surface area (Å²) in [5.41, 5.74) is 1.68. The number of carbonyl (C=O) groups excluding carboxylic acids is 1. The van der Waals surface area contributed by atoms with Gasteiger partial charge in [0.25, 0.3) is 0 Å². The third kappa shape index (κ3) is 1.23. The zero-order chi connectivity index (χ0) is 10.4. The number of fused-ring (bicyclic) bond motifs is 1. The van der Waals surface area contributed by atoms with Gasteiger partial charge in [0.05, 0.1) is 6.20 Å². The Balaban J connectivity index is 2.25. The first-order chi connectivity index (χ1) is 7.29. The zero-order valence-corrected chi connectivity index (χ0v) is 8.34. The number of aldehydes is 1. The third-order valence-electron chi connectivity index (χ3n) is 2.70. The molecule has 1 saturated carbocycles. The lowest BCUT2D eigenvalue weighted by molar-refractivity contribution is 0.111. The van der Waals surface area contributed by atoms with Crippen molar-refractivity contribution in [2.75, 3.05) is 0 Å². The lowest BCUT2D eigenvalue weighted by atomic mass is 10.4. The highest BCUT2D eigenvalue weighted by Gasteiger charge is 2.29. The molecule has 3 rings (SSSR count). The predicted octanol–water partition coefficient (Wildman–Crippen LogP) is 1.05. The molecule has 0 unspecified atom stereocenters. The number of aryl methyl sites for hydroxylation is 1. The SMILES string of the molecule is Cn1c(C2CC2)nc2ncc(C=O)nc21. The highest BCUT2D eigenvalue weighted by Crippen LogP contribution is 2.39. The van der Waals surface area contributed by atoms with Gasteiger partial charge in [-0.25, -0.2) is 15.0 Å². The fourth-order valence-corrected chi connectivity index (χ4v) is 1.75. The van der Waals surface area contributed by atoms with Crippen LogP contribution >= 0.6 is 0 Å². The molecule has 2 heterocycles. The van der Waals surface area contributed by atoms with E-state index in [0.717, 1.165) is 5.82 Å². The van der Waals surface area contributed by atoms with Crippen molar-refractivity contribution in [1.82, 2.24) is 19.5 Å². The van der Waals surface area contributed by atoms with Crippen molar-refractivity contribution in [3.05, 3.63) is 17.7 Å². The number of hydrogen-bond donors (Lipinski definition) is 0. The van der Waals surface area contributed by atoms with E-state index in [1.165, 1.54) is 19.0 Å². The maximum atomic E-state index is 10.6. The molecule has 1 aliphatic rings. The van der Waals surface area contributed by atoms with Crippen LogP contribution in [0.4, 0.5) is 0 Å².